The van der Waals surface area contributed by atoms with Gasteiger partial charge in [0.1, 0.15) is 24.0 Å². The standard InChI is InChI=1S/C34H35FNO/c1-21-16-19-36(5)29(20-21)30-22(2)6-11-26-27-12-13-28(35)31(33(27)37-32(26)30)25-9-7-23(8-10-25)24-14-17-34(3,4)18-15-24/h6-13,16,19-20,24H,14-15,17-18H2,1-5H3/q+1. The van der Waals surface area contributed by atoms with E-state index in [4.69, 9.17) is 4.42 Å². The van der Waals surface area contributed by atoms with Crippen molar-refractivity contribution in [3.05, 3.63) is 89.4 Å². The van der Waals surface area contributed by atoms with Gasteiger partial charge in [0.15, 0.2) is 6.20 Å². The van der Waals surface area contributed by atoms with Crippen molar-refractivity contribution in [2.75, 3.05) is 0 Å². The predicted octanol–water partition coefficient (Wildman–Crippen LogP) is 9.18. The van der Waals surface area contributed by atoms with Crippen LogP contribution in [0, 0.1) is 25.1 Å². The first-order valence-corrected chi connectivity index (χ1v) is 13.4. The fraction of sp³-hybridized carbons (Fsp3) is 0.324. The third-order valence-electron chi connectivity index (χ3n) is 8.54. The van der Waals surface area contributed by atoms with E-state index in [0.717, 1.165) is 38.7 Å². The Hall–Kier alpha value is -3.46. The molecular weight excluding hydrogens is 457 g/mol. The lowest BCUT2D eigenvalue weighted by Gasteiger charge is -2.34. The Morgan fingerprint density at radius 1 is 0.838 bits per heavy atom. The molecule has 5 aromatic rings. The highest BCUT2D eigenvalue weighted by Crippen LogP contribution is 2.44. The van der Waals surface area contributed by atoms with Crippen molar-refractivity contribution in [2.45, 2.75) is 59.3 Å². The monoisotopic (exact) mass is 492 g/mol. The van der Waals surface area contributed by atoms with Crippen LogP contribution in [0.4, 0.5) is 4.39 Å². The van der Waals surface area contributed by atoms with Gasteiger partial charge >= 0.3 is 0 Å². The van der Waals surface area contributed by atoms with Gasteiger partial charge in [-0.3, -0.25) is 0 Å². The molecule has 6 rings (SSSR count). The lowest BCUT2D eigenvalue weighted by molar-refractivity contribution is -0.660. The van der Waals surface area contributed by atoms with Crippen molar-refractivity contribution in [2.24, 2.45) is 12.5 Å². The van der Waals surface area contributed by atoms with Gasteiger partial charge < -0.3 is 4.42 Å². The van der Waals surface area contributed by atoms with Crippen LogP contribution in [-0.4, -0.2) is 0 Å². The van der Waals surface area contributed by atoms with E-state index in [9.17, 15) is 0 Å². The van der Waals surface area contributed by atoms with Crippen LogP contribution in [0.2, 0.25) is 0 Å². The molecule has 0 spiro atoms. The topological polar surface area (TPSA) is 17.0 Å². The normalized spacial score (nSPS) is 16.1. The molecule has 0 atom stereocenters. The second kappa shape index (κ2) is 8.83. The summed E-state index contributed by atoms with van der Waals surface area (Å²) in [5.41, 5.74) is 9.11. The van der Waals surface area contributed by atoms with E-state index in [1.54, 1.807) is 6.07 Å². The first-order chi connectivity index (χ1) is 17.7. The molecule has 2 aromatic heterocycles. The van der Waals surface area contributed by atoms with Crippen molar-refractivity contribution in [1.29, 1.82) is 0 Å². The second-order valence-corrected chi connectivity index (χ2v) is 11.8. The molecule has 0 unspecified atom stereocenters. The molecule has 1 saturated carbocycles. The number of rotatable bonds is 3. The van der Waals surface area contributed by atoms with Crippen LogP contribution >= 0.6 is 0 Å². The van der Waals surface area contributed by atoms with E-state index in [-0.39, 0.29) is 5.82 Å². The summed E-state index contributed by atoms with van der Waals surface area (Å²) in [4.78, 5) is 0. The third kappa shape index (κ3) is 4.15. The second-order valence-electron chi connectivity index (χ2n) is 11.8. The summed E-state index contributed by atoms with van der Waals surface area (Å²) in [6.45, 7) is 8.95. The summed E-state index contributed by atoms with van der Waals surface area (Å²) in [5, 5.41) is 1.96. The van der Waals surface area contributed by atoms with Crippen LogP contribution in [0.3, 0.4) is 0 Å². The molecule has 2 nitrogen and oxygen atoms in total. The first kappa shape index (κ1) is 23.9. The van der Waals surface area contributed by atoms with Crippen molar-refractivity contribution >= 4 is 21.9 Å². The zero-order valence-electron chi connectivity index (χ0n) is 22.5. The molecule has 1 aliphatic carbocycles. The lowest BCUT2D eigenvalue weighted by atomic mass is 9.71. The number of hydrogen-bond acceptors (Lipinski definition) is 1. The Balaban J connectivity index is 1.48. The van der Waals surface area contributed by atoms with Crippen LogP contribution in [0.1, 0.15) is 62.1 Å². The molecule has 37 heavy (non-hydrogen) atoms. The van der Waals surface area contributed by atoms with E-state index in [0.29, 0.717) is 22.5 Å². The molecule has 0 amide bonds. The van der Waals surface area contributed by atoms with Gasteiger partial charge in [-0.15, -0.1) is 0 Å². The number of nitrogens with zero attached hydrogens (tertiary/aromatic N) is 1. The minimum absolute atomic E-state index is 0.252. The Kier molecular flexibility index (Phi) is 5.71. The van der Waals surface area contributed by atoms with Crippen LogP contribution in [0.5, 0.6) is 0 Å². The minimum Gasteiger partial charge on any atom is -0.454 e. The molecule has 0 bridgehead atoms. The van der Waals surface area contributed by atoms with E-state index >= 15 is 4.39 Å². The average Bonchev–Trinajstić information content (AvgIpc) is 3.24. The predicted molar refractivity (Wildman–Crippen MR) is 150 cm³/mol. The van der Waals surface area contributed by atoms with E-state index in [2.05, 4.69) is 94.0 Å². The van der Waals surface area contributed by atoms with Gasteiger partial charge in [-0.2, -0.15) is 0 Å². The van der Waals surface area contributed by atoms with Gasteiger partial charge in [0.25, 0.3) is 0 Å². The quantitative estimate of drug-likeness (QED) is 0.229. The average molecular weight is 493 g/mol. The molecule has 1 aliphatic rings. The number of halogens is 1. The molecule has 0 saturated heterocycles. The van der Waals surface area contributed by atoms with E-state index in [1.165, 1.54) is 36.8 Å². The molecular formula is C34H35FNO+. The summed E-state index contributed by atoms with van der Waals surface area (Å²) < 4.78 is 24.1. The van der Waals surface area contributed by atoms with Gasteiger partial charge in [-0.05, 0) is 85.3 Å². The fourth-order valence-electron chi connectivity index (χ4n) is 6.14. The Bertz CT molecular complexity index is 1630. The van der Waals surface area contributed by atoms with Crippen LogP contribution in [0.15, 0.2) is 71.3 Å². The Morgan fingerprint density at radius 3 is 2.19 bits per heavy atom. The Morgan fingerprint density at radius 2 is 1.49 bits per heavy atom. The van der Waals surface area contributed by atoms with Gasteiger partial charge in [0, 0.05) is 22.9 Å². The van der Waals surface area contributed by atoms with E-state index in [1.807, 2.05) is 6.07 Å². The lowest BCUT2D eigenvalue weighted by Crippen LogP contribution is -2.30. The summed E-state index contributed by atoms with van der Waals surface area (Å²) >= 11 is 0. The van der Waals surface area contributed by atoms with E-state index < -0.39 is 0 Å². The van der Waals surface area contributed by atoms with Crippen molar-refractivity contribution in [3.63, 3.8) is 0 Å². The molecule has 0 aliphatic heterocycles. The summed E-state index contributed by atoms with van der Waals surface area (Å²) in [7, 11) is 2.05. The Labute approximate surface area is 218 Å². The van der Waals surface area contributed by atoms with Gasteiger partial charge in [-0.25, -0.2) is 8.96 Å². The number of hydrogen-bond donors (Lipinski definition) is 0. The molecule has 0 radical (unpaired) electrons. The smallest absolute Gasteiger partial charge is 0.216 e. The van der Waals surface area contributed by atoms with Gasteiger partial charge in [0.05, 0.1) is 11.1 Å². The van der Waals surface area contributed by atoms with Gasteiger partial charge in [0.2, 0.25) is 5.69 Å². The van der Waals surface area contributed by atoms with Crippen LogP contribution < -0.4 is 4.57 Å². The van der Waals surface area contributed by atoms with Crippen LogP contribution in [-0.2, 0) is 7.05 Å². The molecule has 3 aromatic carbocycles. The number of aromatic nitrogens is 1. The number of fused-ring (bicyclic) bond motifs is 3. The SMILES string of the molecule is Cc1cc[n+](C)c(-c2c(C)ccc3c2oc2c(-c4ccc(C5CCC(C)(C)CC5)cc4)c(F)ccc23)c1. The summed E-state index contributed by atoms with van der Waals surface area (Å²) in [6.07, 6.45) is 7.03. The molecule has 2 heterocycles. The summed E-state index contributed by atoms with van der Waals surface area (Å²) in [5.74, 6) is 0.340. The largest absolute Gasteiger partial charge is 0.454 e. The maximum atomic E-state index is 15.4. The molecule has 188 valence electrons. The maximum absolute atomic E-state index is 15.4. The first-order valence-electron chi connectivity index (χ1n) is 13.4. The number of pyridine rings is 1. The molecule has 3 heteroatoms. The summed E-state index contributed by atoms with van der Waals surface area (Å²) in [6, 6.07) is 20.5. The molecule has 0 N–H and O–H groups in total. The highest BCUT2D eigenvalue weighted by atomic mass is 19.1. The van der Waals surface area contributed by atoms with Crippen LogP contribution in [0.25, 0.3) is 44.3 Å². The third-order valence-corrected chi connectivity index (χ3v) is 8.54. The number of aryl methyl sites for hydroxylation is 3. The fourth-order valence-corrected chi connectivity index (χ4v) is 6.14. The zero-order valence-corrected chi connectivity index (χ0v) is 22.5. The number of furan rings is 1. The zero-order chi connectivity index (χ0) is 25.9. The highest BCUT2D eigenvalue weighted by Gasteiger charge is 2.28. The minimum atomic E-state index is -0.252. The highest BCUT2D eigenvalue weighted by molar-refractivity contribution is 6.13. The number of benzene rings is 3. The van der Waals surface area contributed by atoms with Crippen molar-refractivity contribution in [1.82, 2.24) is 0 Å². The maximum Gasteiger partial charge on any atom is 0.216 e. The molecule has 1 fully saturated rings. The van der Waals surface area contributed by atoms with Gasteiger partial charge in [-0.1, -0.05) is 50.2 Å². The van der Waals surface area contributed by atoms with Crippen molar-refractivity contribution < 1.29 is 13.4 Å². The van der Waals surface area contributed by atoms with Crippen molar-refractivity contribution in [3.8, 4) is 22.4 Å².